The molecule has 0 aliphatic carbocycles. The van der Waals surface area contributed by atoms with Crippen LogP contribution in [0, 0.1) is 0 Å². The van der Waals surface area contributed by atoms with Crippen molar-refractivity contribution >= 4 is 0 Å². The van der Waals surface area contributed by atoms with Gasteiger partial charge in [-0.15, -0.1) is 0 Å². The fourth-order valence-corrected chi connectivity index (χ4v) is 1.70. The van der Waals surface area contributed by atoms with Gasteiger partial charge >= 0.3 is 0 Å². The second-order valence-electron chi connectivity index (χ2n) is 5.03. The maximum absolute atomic E-state index is 2.22. The van der Waals surface area contributed by atoms with Crippen LogP contribution in [0.1, 0.15) is 20.8 Å². The summed E-state index contributed by atoms with van der Waals surface area (Å²) in [6, 6.07) is 14.8. The molecule has 0 radical (unpaired) electrons. The van der Waals surface area contributed by atoms with Gasteiger partial charge in [0.05, 0.1) is 0 Å². The summed E-state index contributed by atoms with van der Waals surface area (Å²) in [6.45, 7) is 6.61. The molecule has 2 aromatic rings. The van der Waals surface area contributed by atoms with Crippen LogP contribution in [-0.2, 0) is 5.54 Å². The van der Waals surface area contributed by atoms with Crippen molar-refractivity contribution in [2.24, 2.45) is 0 Å². The third kappa shape index (κ3) is 2.30. The lowest BCUT2D eigenvalue weighted by molar-refractivity contribution is -0.754. The van der Waals surface area contributed by atoms with E-state index >= 15 is 0 Å². The summed E-state index contributed by atoms with van der Waals surface area (Å²) in [6.07, 6.45) is 4.28. The second-order valence-corrected chi connectivity index (χ2v) is 5.03. The summed E-state index contributed by atoms with van der Waals surface area (Å²) in [5.41, 5.74) is 2.68. The number of nitrogens with zero attached hydrogens (tertiary/aromatic N) is 1. The lowest BCUT2D eigenvalue weighted by atomic mass is 10.1. The van der Waals surface area contributed by atoms with E-state index in [9.17, 15) is 0 Å². The molecule has 1 nitrogen and oxygen atoms in total. The van der Waals surface area contributed by atoms with Crippen LogP contribution in [0.25, 0.3) is 11.1 Å². The monoisotopic (exact) mass is 212 g/mol. The van der Waals surface area contributed by atoms with Crippen LogP contribution in [0.2, 0.25) is 0 Å². The molecule has 0 aliphatic rings. The number of rotatable bonds is 1. The van der Waals surface area contributed by atoms with E-state index in [1.54, 1.807) is 0 Å². The van der Waals surface area contributed by atoms with E-state index in [2.05, 4.69) is 74.1 Å². The summed E-state index contributed by atoms with van der Waals surface area (Å²) >= 11 is 0. The molecule has 0 N–H and O–H groups in total. The molecule has 1 aromatic carbocycles. The van der Waals surface area contributed by atoms with Gasteiger partial charge in [-0.25, -0.2) is 4.57 Å². The lowest BCUT2D eigenvalue weighted by Crippen LogP contribution is -2.49. The summed E-state index contributed by atoms with van der Waals surface area (Å²) in [7, 11) is 0. The third-order valence-corrected chi connectivity index (χ3v) is 2.71. The maximum Gasteiger partial charge on any atom is 0.169 e. The van der Waals surface area contributed by atoms with Crippen molar-refractivity contribution in [3.05, 3.63) is 54.9 Å². The second kappa shape index (κ2) is 4.09. The third-order valence-electron chi connectivity index (χ3n) is 2.71. The minimum Gasteiger partial charge on any atom is -0.201 e. The van der Waals surface area contributed by atoms with Crippen molar-refractivity contribution in [3.8, 4) is 11.1 Å². The smallest absolute Gasteiger partial charge is 0.169 e. The van der Waals surface area contributed by atoms with E-state index in [0.717, 1.165) is 0 Å². The van der Waals surface area contributed by atoms with E-state index in [1.807, 2.05) is 6.07 Å². The van der Waals surface area contributed by atoms with Crippen LogP contribution in [0.3, 0.4) is 0 Å². The Morgan fingerprint density at radius 1 is 0.750 bits per heavy atom. The molecular weight excluding hydrogens is 194 g/mol. The molecule has 1 heteroatoms. The molecule has 16 heavy (non-hydrogen) atoms. The molecule has 1 heterocycles. The molecule has 0 bridgehead atoms. The van der Waals surface area contributed by atoms with Crippen LogP contribution in [0.15, 0.2) is 54.9 Å². The Labute approximate surface area is 97.4 Å². The number of benzene rings is 1. The van der Waals surface area contributed by atoms with Gasteiger partial charge in [0.2, 0.25) is 0 Å². The molecule has 0 saturated heterocycles. The van der Waals surface area contributed by atoms with E-state index < -0.39 is 0 Å². The predicted molar refractivity (Wildman–Crippen MR) is 67.1 cm³/mol. The lowest BCUT2D eigenvalue weighted by Gasteiger charge is -2.12. The van der Waals surface area contributed by atoms with Crippen molar-refractivity contribution in [2.75, 3.05) is 0 Å². The van der Waals surface area contributed by atoms with E-state index in [1.165, 1.54) is 11.1 Å². The van der Waals surface area contributed by atoms with Crippen molar-refractivity contribution in [3.63, 3.8) is 0 Å². The van der Waals surface area contributed by atoms with Gasteiger partial charge in [-0.05, 0) is 11.1 Å². The van der Waals surface area contributed by atoms with Gasteiger partial charge in [0.15, 0.2) is 17.9 Å². The minimum absolute atomic E-state index is 0.148. The SMILES string of the molecule is CC(C)(C)[n+]1ccc(-c2ccccc2)cc1. The summed E-state index contributed by atoms with van der Waals surface area (Å²) in [5.74, 6) is 0. The predicted octanol–water partition coefficient (Wildman–Crippen LogP) is 3.40. The first-order valence-electron chi connectivity index (χ1n) is 5.64. The molecule has 0 atom stereocenters. The van der Waals surface area contributed by atoms with Gasteiger partial charge < -0.3 is 0 Å². The molecule has 0 aliphatic heterocycles. The number of pyridine rings is 1. The zero-order chi connectivity index (χ0) is 11.6. The molecule has 2 rings (SSSR count). The highest BCUT2D eigenvalue weighted by Gasteiger charge is 2.20. The maximum atomic E-state index is 2.22. The van der Waals surface area contributed by atoms with Crippen molar-refractivity contribution < 1.29 is 4.57 Å². The van der Waals surface area contributed by atoms with E-state index in [0.29, 0.717) is 0 Å². The van der Waals surface area contributed by atoms with Crippen molar-refractivity contribution in [1.82, 2.24) is 0 Å². The van der Waals surface area contributed by atoms with E-state index in [4.69, 9.17) is 0 Å². The van der Waals surface area contributed by atoms with Gasteiger partial charge in [-0.3, -0.25) is 0 Å². The molecule has 0 amide bonds. The van der Waals surface area contributed by atoms with Crippen LogP contribution in [0.5, 0.6) is 0 Å². The van der Waals surface area contributed by atoms with Crippen molar-refractivity contribution in [2.45, 2.75) is 26.3 Å². The van der Waals surface area contributed by atoms with Gasteiger partial charge in [0.25, 0.3) is 0 Å². The Morgan fingerprint density at radius 2 is 1.25 bits per heavy atom. The molecule has 0 unspecified atom stereocenters. The Balaban J connectivity index is 2.34. The summed E-state index contributed by atoms with van der Waals surface area (Å²) in [5, 5.41) is 0. The first-order chi connectivity index (χ1) is 7.57. The highest BCUT2D eigenvalue weighted by Crippen LogP contribution is 2.17. The highest BCUT2D eigenvalue weighted by molar-refractivity contribution is 5.61. The van der Waals surface area contributed by atoms with Crippen LogP contribution < -0.4 is 4.57 Å². The molecule has 0 fully saturated rings. The summed E-state index contributed by atoms with van der Waals surface area (Å²) in [4.78, 5) is 0. The standard InChI is InChI=1S/C15H18N/c1-15(2,3)16-11-9-14(10-12-16)13-7-5-4-6-8-13/h4-12H,1-3H3/q+1. The number of aromatic nitrogens is 1. The van der Waals surface area contributed by atoms with Gasteiger partial charge in [0, 0.05) is 32.9 Å². The molecule has 0 spiro atoms. The Hall–Kier alpha value is -1.63. The van der Waals surface area contributed by atoms with Crippen LogP contribution >= 0.6 is 0 Å². The fraction of sp³-hybridized carbons (Fsp3) is 0.267. The van der Waals surface area contributed by atoms with E-state index in [-0.39, 0.29) is 5.54 Å². The normalized spacial score (nSPS) is 11.4. The fourth-order valence-electron chi connectivity index (χ4n) is 1.70. The summed E-state index contributed by atoms with van der Waals surface area (Å²) < 4.78 is 2.22. The number of hydrogen-bond donors (Lipinski definition) is 0. The average molecular weight is 212 g/mol. The number of hydrogen-bond acceptors (Lipinski definition) is 0. The Bertz CT molecular complexity index is 449. The zero-order valence-electron chi connectivity index (χ0n) is 10.1. The van der Waals surface area contributed by atoms with Gasteiger partial charge in [-0.1, -0.05) is 30.3 Å². The molecule has 1 aromatic heterocycles. The quantitative estimate of drug-likeness (QED) is 0.638. The zero-order valence-corrected chi connectivity index (χ0v) is 10.1. The Kier molecular flexibility index (Phi) is 2.78. The average Bonchev–Trinajstić information content (AvgIpc) is 2.29. The topological polar surface area (TPSA) is 3.88 Å². The molecule has 82 valence electrons. The Morgan fingerprint density at radius 3 is 1.75 bits per heavy atom. The van der Waals surface area contributed by atoms with Crippen molar-refractivity contribution in [1.29, 1.82) is 0 Å². The minimum atomic E-state index is 0.148. The van der Waals surface area contributed by atoms with Gasteiger partial charge in [0.1, 0.15) is 0 Å². The first-order valence-corrected chi connectivity index (χ1v) is 5.64. The first kappa shape index (κ1) is 10.9. The highest BCUT2D eigenvalue weighted by atomic mass is 15.0. The molecule has 0 saturated carbocycles. The van der Waals surface area contributed by atoms with Crippen LogP contribution in [0.4, 0.5) is 0 Å². The van der Waals surface area contributed by atoms with Gasteiger partial charge in [-0.2, -0.15) is 0 Å². The van der Waals surface area contributed by atoms with Crippen LogP contribution in [-0.4, -0.2) is 0 Å². The largest absolute Gasteiger partial charge is 0.201 e. The molecular formula is C15H18N+.